The molecule has 1 fully saturated rings. The molecule has 0 bridgehead atoms. The van der Waals surface area contributed by atoms with Crippen LogP contribution in [-0.2, 0) is 6.42 Å². The SMILES string of the molecule is Cc1nc(C2CCC(C(C)C)CC2)[nH]c(=O)c1CCO. The quantitative estimate of drug-likeness (QED) is 0.889. The highest BCUT2D eigenvalue weighted by Crippen LogP contribution is 2.37. The Kier molecular flexibility index (Phi) is 4.97. The Bertz CT molecular complexity index is 500. The zero-order valence-corrected chi connectivity index (χ0v) is 12.8. The van der Waals surface area contributed by atoms with Gasteiger partial charge in [-0.05, 0) is 44.4 Å². The lowest BCUT2D eigenvalue weighted by Gasteiger charge is -2.30. The lowest BCUT2D eigenvalue weighted by Crippen LogP contribution is -2.24. The summed E-state index contributed by atoms with van der Waals surface area (Å²) in [4.78, 5) is 19.6. The van der Waals surface area contributed by atoms with E-state index in [-0.39, 0.29) is 12.2 Å². The van der Waals surface area contributed by atoms with E-state index in [0.29, 0.717) is 17.9 Å². The van der Waals surface area contributed by atoms with Gasteiger partial charge < -0.3 is 10.1 Å². The highest BCUT2D eigenvalue weighted by atomic mass is 16.3. The molecule has 2 rings (SSSR count). The van der Waals surface area contributed by atoms with Crippen molar-refractivity contribution >= 4 is 0 Å². The second kappa shape index (κ2) is 6.53. The number of nitrogens with one attached hydrogen (secondary N) is 1. The van der Waals surface area contributed by atoms with Crippen molar-refractivity contribution in [3.63, 3.8) is 0 Å². The summed E-state index contributed by atoms with van der Waals surface area (Å²) in [5.74, 6) is 2.79. The Morgan fingerprint density at radius 3 is 2.45 bits per heavy atom. The van der Waals surface area contributed by atoms with E-state index in [1.807, 2.05) is 6.92 Å². The predicted molar refractivity (Wildman–Crippen MR) is 79.9 cm³/mol. The second-order valence-electron chi connectivity index (χ2n) is 6.34. The fourth-order valence-electron chi connectivity index (χ4n) is 3.29. The third-order valence-electron chi connectivity index (χ3n) is 4.70. The zero-order chi connectivity index (χ0) is 14.7. The maximum absolute atomic E-state index is 12.1. The first kappa shape index (κ1) is 15.2. The van der Waals surface area contributed by atoms with Crippen LogP contribution in [0.5, 0.6) is 0 Å². The summed E-state index contributed by atoms with van der Waals surface area (Å²) in [5.41, 5.74) is 1.31. The van der Waals surface area contributed by atoms with E-state index in [1.165, 1.54) is 12.8 Å². The molecular formula is C16H26N2O2. The molecule has 4 nitrogen and oxygen atoms in total. The molecule has 1 aliphatic rings. The number of aromatic nitrogens is 2. The van der Waals surface area contributed by atoms with Crippen LogP contribution in [0.1, 0.15) is 62.5 Å². The van der Waals surface area contributed by atoms with Crippen LogP contribution in [0.25, 0.3) is 0 Å². The summed E-state index contributed by atoms with van der Waals surface area (Å²) in [5, 5.41) is 8.99. The van der Waals surface area contributed by atoms with Crippen LogP contribution in [0.2, 0.25) is 0 Å². The molecule has 4 heteroatoms. The van der Waals surface area contributed by atoms with Gasteiger partial charge in [0.1, 0.15) is 5.82 Å². The minimum atomic E-state index is -0.0764. The summed E-state index contributed by atoms with van der Waals surface area (Å²) in [6.45, 7) is 6.44. The molecule has 0 radical (unpaired) electrons. The van der Waals surface area contributed by atoms with Crippen molar-refractivity contribution in [3.05, 3.63) is 27.4 Å². The molecule has 0 aliphatic heterocycles. The number of nitrogens with zero attached hydrogens (tertiary/aromatic N) is 1. The van der Waals surface area contributed by atoms with Gasteiger partial charge in [-0.1, -0.05) is 13.8 Å². The third-order valence-corrected chi connectivity index (χ3v) is 4.70. The zero-order valence-electron chi connectivity index (χ0n) is 12.8. The molecule has 0 aromatic carbocycles. The van der Waals surface area contributed by atoms with Gasteiger partial charge in [-0.2, -0.15) is 0 Å². The Balaban J connectivity index is 2.13. The monoisotopic (exact) mass is 278 g/mol. The summed E-state index contributed by atoms with van der Waals surface area (Å²) in [6, 6.07) is 0. The van der Waals surface area contributed by atoms with E-state index in [1.54, 1.807) is 0 Å². The van der Waals surface area contributed by atoms with Crippen LogP contribution in [0, 0.1) is 18.8 Å². The second-order valence-corrected chi connectivity index (χ2v) is 6.34. The van der Waals surface area contributed by atoms with Gasteiger partial charge in [0.2, 0.25) is 0 Å². The number of rotatable bonds is 4. The molecule has 0 amide bonds. The summed E-state index contributed by atoms with van der Waals surface area (Å²) >= 11 is 0. The number of aryl methyl sites for hydroxylation is 1. The van der Waals surface area contributed by atoms with Gasteiger partial charge in [0.25, 0.3) is 5.56 Å². The molecule has 0 atom stereocenters. The van der Waals surface area contributed by atoms with E-state index in [2.05, 4.69) is 23.8 Å². The lowest BCUT2D eigenvalue weighted by molar-refractivity contribution is 0.254. The number of aromatic amines is 1. The molecule has 2 N–H and O–H groups in total. The number of hydrogen-bond acceptors (Lipinski definition) is 3. The molecule has 1 aromatic heterocycles. The minimum Gasteiger partial charge on any atom is -0.396 e. The number of aliphatic hydroxyl groups excluding tert-OH is 1. The van der Waals surface area contributed by atoms with E-state index in [9.17, 15) is 4.79 Å². The molecule has 1 saturated carbocycles. The lowest BCUT2D eigenvalue weighted by atomic mass is 9.76. The van der Waals surface area contributed by atoms with Gasteiger partial charge in [-0.25, -0.2) is 4.98 Å². The highest BCUT2D eigenvalue weighted by Gasteiger charge is 2.26. The predicted octanol–water partition coefficient (Wildman–Crippen LogP) is 2.54. The van der Waals surface area contributed by atoms with Crippen LogP contribution in [-0.4, -0.2) is 21.7 Å². The Hall–Kier alpha value is -1.16. The summed E-state index contributed by atoms with van der Waals surface area (Å²) in [6.07, 6.45) is 5.07. The Morgan fingerprint density at radius 1 is 1.30 bits per heavy atom. The van der Waals surface area contributed by atoms with E-state index in [0.717, 1.165) is 36.2 Å². The van der Waals surface area contributed by atoms with Gasteiger partial charge in [0.15, 0.2) is 0 Å². The largest absolute Gasteiger partial charge is 0.396 e. The number of aliphatic hydroxyl groups is 1. The molecule has 1 aromatic rings. The number of hydrogen-bond donors (Lipinski definition) is 2. The van der Waals surface area contributed by atoms with E-state index in [4.69, 9.17) is 5.11 Å². The van der Waals surface area contributed by atoms with Crippen molar-refractivity contribution in [1.82, 2.24) is 9.97 Å². The van der Waals surface area contributed by atoms with Crippen LogP contribution in [0.15, 0.2) is 4.79 Å². The molecule has 20 heavy (non-hydrogen) atoms. The fraction of sp³-hybridized carbons (Fsp3) is 0.750. The summed E-state index contributed by atoms with van der Waals surface area (Å²) < 4.78 is 0. The molecule has 0 spiro atoms. The van der Waals surface area contributed by atoms with Gasteiger partial charge >= 0.3 is 0 Å². The molecule has 112 valence electrons. The third kappa shape index (κ3) is 3.29. The van der Waals surface area contributed by atoms with Gasteiger partial charge in [0.05, 0.1) is 0 Å². The van der Waals surface area contributed by atoms with Crippen molar-refractivity contribution in [2.75, 3.05) is 6.61 Å². The Labute approximate surface area is 120 Å². The van der Waals surface area contributed by atoms with Crippen molar-refractivity contribution < 1.29 is 5.11 Å². The first-order valence-electron chi connectivity index (χ1n) is 7.73. The molecule has 1 heterocycles. The van der Waals surface area contributed by atoms with Crippen molar-refractivity contribution in [2.45, 2.75) is 58.8 Å². The van der Waals surface area contributed by atoms with Gasteiger partial charge in [0, 0.05) is 30.2 Å². The maximum atomic E-state index is 12.1. The highest BCUT2D eigenvalue weighted by molar-refractivity contribution is 5.18. The molecule has 0 unspecified atom stereocenters. The molecule has 1 aliphatic carbocycles. The normalized spacial score (nSPS) is 23.2. The fourth-order valence-corrected chi connectivity index (χ4v) is 3.29. The van der Waals surface area contributed by atoms with Gasteiger partial charge in [-0.3, -0.25) is 4.79 Å². The molecule has 0 saturated heterocycles. The van der Waals surface area contributed by atoms with Crippen molar-refractivity contribution in [2.24, 2.45) is 11.8 Å². The molecular weight excluding hydrogens is 252 g/mol. The first-order chi connectivity index (χ1) is 9.52. The van der Waals surface area contributed by atoms with Crippen LogP contribution in [0.4, 0.5) is 0 Å². The van der Waals surface area contributed by atoms with E-state index < -0.39 is 0 Å². The average molecular weight is 278 g/mol. The topological polar surface area (TPSA) is 66.0 Å². The maximum Gasteiger partial charge on any atom is 0.254 e. The smallest absolute Gasteiger partial charge is 0.254 e. The van der Waals surface area contributed by atoms with Crippen LogP contribution < -0.4 is 5.56 Å². The first-order valence-corrected chi connectivity index (χ1v) is 7.73. The van der Waals surface area contributed by atoms with Crippen molar-refractivity contribution in [3.8, 4) is 0 Å². The van der Waals surface area contributed by atoms with Crippen LogP contribution in [0.3, 0.4) is 0 Å². The Morgan fingerprint density at radius 2 is 1.95 bits per heavy atom. The van der Waals surface area contributed by atoms with Gasteiger partial charge in [-0.15, -0.1) is 0 Å². The van der Waals surface area contributed by atoms with E-state index >= 15 is 0 Å². The average Bonchev–Trinajstić information content (AvgIpc) is 2.42. The number of H-pyrrole nitrogens is 1. The standard InChI is InChI=1S/C16H26N2O2/c1-10(2)12-4-6-13(7-5-12)15-17-11(3)14(8-9-19)16(20)18-15/h10,12-13,19H,4-9H2,1-3H3,(H,17,18,20). The van der Waals surface area contributed by atoms with Crippen molar-refractivity contribution in [1.29, 1.82) is 0 Å². The van der Waals surface area contributed by atoms with Crippen LogP contribution >= 0.6 is 0 Å². The minimum absolute atomic E-state index is 0.00948. The summed E-state index contributed by atoms with van der Waals surface area (Å²) in [7, 11) is 0.